The molecule has 0 radical (unpaired) electrons. The molecule has 0 aliphatic rings. The van der Waals surface area contributed by atoms with Crippen molar-refractivity contribution in [3.8, 4) is 0 Å². The minimum atomic E-state index is -3.75. The molecule has 0 fully saturated rings. The Balaban J connectivity index is 3.04. The molecule has 0 aliphatic carbocycles. The summed E-state index contributed by atoms with van der Waals surface area (Å²) in [5.41, 5.74) is 0. The number of rotatable bonds is 6. The van der Waals surface area contributed by atoms with Crippen LogP contribution in [0.25, 0.3) is 0 Å². The van der Waals surface area contributed by atoms with E-state index >= 15 is 0 Å². The van der Waals surface area contributed by atoms with Crippen molar-refractivity contribution in [3.05, 3.63) is 24.3 Å². The van der Waals surface area contributed by atoms with Crippen molar-refractivity contribution in [3.63, 3.8) is 0 Å². The lowest BCUT2D eigenvalue weighted by Gasteiger charge is -2.14. The zero-order valence-electron chi connectivity index (χ0n) is 10.7. The Hall–Kier alpha value is -0.960. The molecule has 1 aromatic rings. The summed E-state index contributed by atoms with van der Waals surface area (Å²) in [6.45, 7) is 1.45. The second kappa shape index (κ2) is 6.00. The maximum absolute atomic E-state index is 11.9. The van der Waals surface area contributed by atoms with Crippen molar-refractivity contribution < 1.29 is 21.9 Å². The highest BCUT2D eigenvalue weighted by Gasteiger charge is 2.19. The summed E-state index contributed by atoms with van der Waals surface area (Å²) in [6, 6.07) is 4.37. The zero-order valence-corrected chi connectivity index (χ0v) is 12.3. The van der Waals surface area contributed by atoms with Crippen molar-refractivity contribution in [2.24, 2.45) is 0 Å². The largest absolute Gasteiger partial charge is 0.395 e. The van der Waals surface area contributed by atoms with Crippen LogP contribution in [-0.4, -0.2) is 40.8 Å². The molecule has 19 heavy (non-hydrogen) atoms. The van der Waals surface area contributed by atoms with Crippen LogP contribution in [0.3, 0.4) is 0 Å². The second-order valence-electron chi connectivity index (χ2n) is 4.15. The van der Waals surface area contributed by atoms with Crippen LogP contribution >= 0.6 is 0 Å². The third-order valence-corrected chi connectivity index (χ3v) is 5.26. The van der Waals surface area contributed by atoms with Gasteiger partial charge in [0.05, 0.1) is 16.4 Å². The number of benzene rings is 1. The number of sulfonamides is 1. The van der Waals surface area contributed by atoms with E-state index in [0.717, 1.165) is 6.26 Å². The highest BCUT2D eigenvalue weighted by molar-refractivity contribution is 7.90. The average Bonchev–Trinajstić information content (AvgIpc) is 2.35. The number of hydrogen-bond donors (Lipinski definition) is 2. The summed E-state index contributed by atoms with van der Waals surface area (Å²) in [4.78, 5) is 0.0208. The SMILES string of the molecule is CC[C@@H](CO)NS(=O)(=O)c1ccc(S(C)(=O)=O)cc1. The van der Waals surface area contributed by atoms with Gasteiger partial charge in [-0.3, -0.25) is 0 Å². The maximum atomic E-state index is 11.9. The van der Waals surface area contributed by atoms with Gasteiger partial charge in [-0.25, -0.2) is 21.6 Å². The van der Waals surface area contributed by atoms with Gasteiger partial charge in [-0.15, -0.1) is 0 Å². The lowest BCUT2D eigenvalue weighted by Crippen LogP contribution is -2.36. The Morgan fingerprint density at radius 2 is 1.58 bits per heavy atom. The molecule has 1 aromatic carbocycles. The molecule has 0 unspecified atom stereocenters. The van der Waals surface area contributed by atoms with Crippen LogP contribution in [0.4, 0.5) is 0 Å². The lowest BCUT2D eigenvalue weighted by molar-refractivity contribution is 0.254. The van der Waals surface area contributed by atoms with Gasteiger partial charge in [-0.05, 0) is 30.7 Å². The lowest BCUT2D eigenvalue weighted by atomic mass is 10.3. The molecule has 1 atom stereocenters. The van der Waals surface area contributed by atoms with Crippen LogP contribution in [0.15, 0.2) is 34.1 Å². The van der Waals surface area contributed by atoms with Crippen molar-refractivity contribution in [1.82, 2.24) is 4.72 Å². The van der Waals surface area contributed by atoms with Gasteiger partial charge in [0.2, 0.25) is 10.0 Å². The monoisotopic (exact) mass is 307 g/mol. The molecule has 0 aromatic heterocycles. The van der Waals surface area contributed by atoms with E-state index in [0.29, 0.717) is 6.42 Å². The molecule has 0 aliphatic heterocycles. The Labute approximate surface area is 113 Å². The van der Waals surface area contributed by atoms with E-state index in [1.807, 2.05) is 0 Å². The molecule has 0 saturated carbocycles. The summed E-state index contributed by atoms with van der Waals surface area (Å²) in [5.74, 6) is 0. The first-order valence-corrected chi connectivity index (χ1v) is 9.01. The summed E-state index contributed by atoms with van der Waals surface area (Å²) in [5, 5.41) is 8.98. The van der Waals surface area contributed by atoms with Gasteiger partial charge in [0, 0.05) is 12.3 Å². The number of aliphatic hydroxyl groups excluding tert-OH is 1. The van der Waals surface area contributed by atoms with Gasteiger partial charge >= 0.3 is 0 Å². The van der Waals surface area contributed by atoms with E-state index in [2.05, 4.69) is 4.72 Å². The molecular weight excluding hydrogens is 290 g/mol. The first-order valence-electron chi connectivity index (χ1n) is 5.64. The van der Waals surface area contributed by atoms with E-state index in [4.69, 9.17) is 5.11 Å². The first-order chi connectivity index (χ1) is 8.70. The summed E-state index contributed by atoms with van der Waals surface area (Å²) < 4.78 is 48.8. The standard InChI is InChI=1S/C11H17NO5S2/c1-3-9(8-13)12-19(16,17)11-6-4-10(5-7-11)18(2,14)15/h4-7,9,12-13H,3,8H2,1-2H3/t9-/m0/s1. The highest BCUT2D eigenvalue weighted by Crippen LogP contribution is 2.14. The van der Waals surface area contributed by atoms with Crippen molar-refractivity contribution >= 4 is 19.9 Å². The van der Waals surface area contributed by atoms with Gasteiger partial charge < -0.3 is 5.11 Å². The van der Waals surface area contributed by atoms with Crippen LogP contribution in [0.2, 0.25) is 0 Å². The van der Waals surface area contributed by atoms with Crippen LogP contribution in [-0.2, 0) is 19.9 Å². The summed E-state index contributed by atoms with van der Waals surface area (Å²) in [7, 11) is -7.10. The van der Waals surface area contributed by atoms with E-state index in [1.54, 1.807) is 6.92 Å². The predicted octanol–water partition coefficient (Wildman–Crippen LogP) is 0.139. The molecule has 0 amide bonds. The fourth-order valence-electron chi connectivity index (χ4n) is 1.40. The first kappa shape index (κ1) is 16.1. The third kappa shape index (κ3) is 4.27. The Morgan fingerprint density at radius 3 is 1.95 bits per heavy atom. The molecular formula is C11H17NO5S2. The molecule has 6 nitrogen and oxygen atoms in total. The Kier molecular flexibility index (Phi) is 5.08. The molecule has 0 spiro atoms. The Bertz CT molecular complexity index is 616. The molecule has 108 valence electrons. The van der Waals surface area contributed by atoms with E-state index in [9.17, 15) is 16.8 Å². The predicted molar refractivity (Wildman–Crippen MR) is 71.0 cm³/mol. The van der Waals surface area contributed by atoms with Crippen LogP contribution in [0.1, 0.15) is 13.3 Å². The normalized spacial score (nSPS) is 14.3. The fourth-order valence-corrected chi connectivity index (χ4v) is 3.34. The molecule has 8 heteroatoms. The fraction of sp³-hybridized carbons (Fsp3) is 0.455. The maximum Gasteiger partial charge on any atom is 0.240 e. The number of hydrogen-bond acceptors (Lipinski definition) is 5. The molecule has 2 N–H and O–H groups in total. The van der Waals surface area contributed by atoms with Crippen molar-refractivity contribution in [2.45, 2.75) is 29.2 Å². The second-order valence-corrected chi connectivity index (χ2v) is 7.88. The van der Waals surface area contributed by atoms with Gasteiger partial charge in [-0.1, -0.05) is 6.92 Å². The summed E-state index contributed by atoms with van der Waals surface area (Å²) in [6.07, 6.45) is 1.50. The van der Waals surface area contributed by atoms with Crippen LogP contribution in [0, 0.1) is 0 Å². The molecule has 0 saturated heterocycles. The zero-order chi connectivity index (χ0) is 14.7. The van der Waals surface area contributed by atoms with E-state index in [1.165, 1.54) is 24.3 Å². The van der Waals surface area contributed by atoms with Crippen molar-refractivity contribution in [2.75, 3.05) is 12.9 Å². The molecule has 1 rings (SSSR count). The number of sulfone groups is 1. The average molecular weight is 307 g/mol. The third-order valence-electron chi connectivity index (χ3n) is 2.60. The number of aliphatic hydroxyl groups is 1. The quantitative estimate of drug-likeness (QED) is 0.778. The summed E-state index contributed by atoms with van der Waals surface area (Å²) >= 11 is 0. The minimum absolute atomic E-state index is 0.0354. The van der Waals surface area contributed by atoms with Gasteiger partial charge in [0.25, 0.3) is 0 Å². The highest BCUT2D eigenvalue weighted by atomic mass is 32.2. The smallest absolute Gasteiger partial charge is 0.240 e. The van der Waals surface area contributed by atoms with Crippen LogP contribution in [0.5, 0.6) is 0 Å². The number of nitrogens with one attached hydrogen (secondary N) is 1. The van der Waals surface area contributed by atoms with E-state index in [-0.39, 0.29) is 16.4 Å². The Morgan fingerprint density at radius 1 is 1.11 bits per heavy atom. The van der Waals surface area contributed by atoms with Gasteiger partial charge in [-0.2, -0.15) is 0 Å². The topological polar surface area (TPSA) is 101 Å². The van der Waals surface area contributed by atoms with Crippen molar-refractivity contribution in [1.29, 1.82) is 0 Å². The van der Waals surface area contributed by atoms with E-state index < -0.39 is 25.9 Å². The minimum Gasteiger partial charge on any atom is -0.395 e. The molecule has 0 bridgehead atoms. The van der Waals surface area contributed by atoms with Gasteiger partial charge in [0.15, 0.2) is 9.84 Å². The molecule has 0 heterocycles. The van der Waals surface area contributed by atoms with Crippen LogP contribution < -0.4 is 4.72 Å². The van der Waals surface area contributed by atoms with Gasteiger partial charge in [0.1, 0.15) is 0 Å².